The molecule has 0 unspecified atom stereocenters. The maximum absolute atomic E-state index is 12.5. The molecule has 0 atom stereocenters. The van der Waals surface area contributed by atoms with E-state index in [9.17, 15) is 9.90 Å². The van der Waals surface area contributed by atoms with Crippen LogP contribution in [-0.2, 0) is 30.4 Å². The van der Waals surface area contributed by atoms with Crippen molar-refractivity contribution in [2.75, 3.05) is 13.2 Å². The summed E-state index contributed by atoms with van der Waals surface area (Å²) >= 11 is 0. The molecule has 0 aliphatic rings. The van der Waals surface area contributed by atoms with Gasteiger partial charge >= 0.3 is 11.9 Å². The van der Waals surface area contributed by atoms with E-state index in [4.69, 9.17) is 23.4 Å². The molecule has 1 N–H and O–H groups in total. The molecule has 286 valence electrons. The molecule has 0 aliphatic carbocycles. The van der Waals surface area contributed by atoms with Gasteiger partial charge in [0, 0.05) is 18.5 Å². The fourth-order valence-electron chi connectivity index (χ4n) is 5.96. The molecule has 0 fully saturated rings. The predicted molar refractivity (Wildman–Crippen MR) is 214 cm³/mol. The third-order valence-electron chi connectivity index (χ3n) is 8.50. The molecule has 0 spiro atoms. The maximum atomic E-state index is 12.5. The lowest BCUT2D eigenvalue weighted by molar-refractivity contribution is 0.0521. The van der Waals surface area contributed by atoms with E-state index in [1.807, 2.05) is 123 Å². The summed E-state index contributed by atoms with van der Waals surface area (Å²) in [5.74, 6) is 3.75. The van der Waals surface area contributed by atoms with Crippen LogP contribution >= 0.6 is 0 Å². The summed E-state index contributed by atoms with van der Waals surface area (Å²) in [4.78, 5) is 21.7. The third-order valence-corrected chi connectivity index (χ3v) is 8.50. The van der Waals surface area contributed by atoms with Crippen LogP contribution in [0.15, 0.2) is 114 Å². The highest BCUT2D eigenvalue weighted by atomic mass is 16.6. The Morgan fingerprint density at radius 2 is 1.18 bits per heavy atom. The predicted octanol–water partition coefficient (Wildman–Crippen LogP) is 11.0. The number of aromatic nitrogens is 2. The minimum absolute atomic E-state index is 0.0716. The number of rotatable bonds is 16. The first kappa shape index (κ1) is 40.1. The number of carbonyl (C=O) groups excluding carboxylic acids is 1. The summed E-state index contributed by atoms with van der Waals surface area (Å²) in [6.07, 6.45) is 4.38. The van der Waals surface area contributed by atoms with E-state index in [1.54, 1.807) is 13.8 Å². The second-order valence-corrected chi connectivity index (χ2v) is 12.8. The molecular formula is C46H50N2O7. The number of hydrogen-bond donors (Lipinski definition) is 1. The average molecular weight is 743 g/mol. The highest BCUT2D eigenvalue weighted by molar-refractivity contribution is 5.94. The van der Waals surface area contributed by atoms with Crippen molar-refractivity contribution in [2.24, 2.45) is 0 Å². The Morgan fingerprint density at radius 3 is 1.73 bits per heavy atom. The number of hydrogen-bond acceptors (Lipinski definition) is 9. The first-order valence-corrected chi connectivity index (χ1v) is 18.9. The normalized spacial score (nSPS) is 10.6. The van der Waals surface area contributed by atoms with E-state index in [2.05, 4.69) is 16.9 Å². The molecule has 0 aliphatic heterocycles. The van der Waals surface area contributed by atoms with E-state index in [0.717, 1.165) is 64.8 Å². The van der Waals surface area contributed by atoms with Crippen molar-refractivity contribution < 1.29 is 33.3 Å². The molecule has 9 nitrogen and oxygen atoms in total. The van der Waals surface area contributed by atoms with Crippen LogP contribution in [0.25, 0.3) is 0 Å². The van der Waals surface area contributed by atoms with E-state index in [1.165, 1.54) is 0 Å². The summed E-state index contributed by atoms with van der Waals surface area (Å²) in [6, 6.07) is 35.1. The van der Waals surface area contributed by atoms with Gasteiger partial charge in [-0.3, -0.25) is 4.98 Å². The molecule has 4 aromatic carbocycles. The average Bonchev–Trinajstić information content (AvgIpc) is 3.55. The van der Waals surface area contributed by atoms with Crippen molar-refractivity contribution in [1.82, 2.24) is 9.97 Å². The van der Waals surface area contributed by atoms with Gasteiger partial charge in [-0.2, -0.15) is 0 Å². The lowest BCUT2D eigenvalue weighted by Crippen LogP contribution is -2.12. The first-order valence-electron chi connectivity index (χ1n) is 18.9. The van der Waals surface area contributed by atoms with Gasteiger partial charge in [-0.1, -0.05) is 87.4 Å². The quantitative estimate of drug-likeness (QED) is 0.0968. The second-order valence-electron chi connectivity index (χ2n) is 12.8. The Morgan fingerprint density at radius 1 is 0.636 bits per heavy atom. The number of para-hydroxylation sites is 2. The molecule has 6 aromatic rings. The third kappa shape index (κ3) is 11.5. The van der Waals surface area contributed by atoms with Gasteiger partial charge in [0.05, 0.1) is 18.9 Å². The zero-order valence-electron chi connectivity index (χ0n) is 32.3. The number of nitrogens with zero attached hydrogens (tertiary/aromatic N) is 2. The number of esters is 1. The number of aryl methyl sites for hydroxylation is 2. The number of benzene rings is 4. The highest BCUT2D eigenvalue weighted by Gasteiger charge is 2.23. The minimum Gasteiger partial charge on any atom is -0.505 e. The maximum Gasteiger partial charge on any atom is 0.342 e. The van der Waals surface area contributed by atoms with Gasteiger partial charge < -0.3 is 28.5 Å². The van der Waals surface area contributed by atoms with Crippen LogP contribution in [0.3, 0.4) is 0 Å². The van der Waals surface area contributed by atoms with Crippen LogP contribution in [0.4, 0.5) is 0 Å². The van der Waals surface area contributed by atoms with Gasteiger partial charge in [0.1, 0.15) is 34.3 Å². The van der Waals surface area contributed by atoms with Crippen LogP contribution in [-0.4, -0.2) is 34.3 Å². The summed E-state index contributed by atoms with van der Waals surface area (Å²) in [5.41, 5.74) is 5.11. The number of oxazole rings is 1. The Balaban J connectivity index is 0.000000214. The Labute approximate surface area is 323 Å². The Kier molecular flexibility index (Phi) is 14.9. The Hall–Kier alpha value is -6.09. The molecule has 0 radical (unpaired) electrons. The topological polar surface area (TPSA) is 113 Å². The van der Waals surface area contributed by atoms with Gasteiger partial charge in [0.15, 0.2) is 5.75 Å². The lowest BCUT2D eigenvalue weighted by atomic mass is 9.98. The van der Waals surface area contributed by atoms with Crippen molar-refractivity contribution in [1.29, 1.82) is 0 Å². The van der Waals surface area contributed by atoms with Crippen molar-refractivity contribution in [3.05, 3.63) is 154 Å². The fraction of sp³-hybridized carbons (Fsp3) is 0.283. The molecule has 6 rings (SSSR count). The summed E-state index contributed by atoms with van der Waals surface area (Å²) in [6.45, 7) is 10.4. The van der Waals surface area contributed by atoms with E-state index in [0.29, 0.717) is 49.0 Å². The van der Waals surface area contributed by atoms with Crippen LogP contribution < -0.4 is 14.2 Å². The number of carbonyl (C=O) groups is 1. The van der Waals surface area contributed by atoms with Crippen molar-refractivity contribution in [2.45, 2.75) is 73.1 Å². The number of aromatic hydroxyl groups is 1. The standard InChI is InChI=1S/C25H27NO4.C21H23NO3/c1-4-10-21-24(27)23(25(28)29-5-2)17(3)22(26-21)16-18-11-9-14-20(15-18)30-19-12-7-6-8-13-19;1-3-9-19-21(23-4-2)25-20(22-19)15-16-10-8-13-18(14-16)24-17-11-6-5-7-12-17/h6-9,11-15,27H,4-5,10,16H2,1-3H3;5-8,10-14H,3-4,9,15H2,1-2H3. The summed E-state index contributed by atoms with van der Waals surface area (Å²) in [5, 5.41) is 10.6. The second kappa shape index (κ2) is 20.4. The fourth-order valence-corrected chi connectivity index (χ4v) is 5.96. The van der Waals surface area contributed by atoms with Crippen molar-refractivity contribution >= 4 is 5.97 Å². The van der Waals surface area contributed by atoms with Crippen LogP contribution in [0.1, 0.15) is 90.6 Å². The molecular weight excluding hydrogens is 693 g/mol. The molecule has 2 heterocycles. The van der Waals surface area contributed by atoms with E-state index >= 15 is 0 Å². The zero-order valence-corrected chi connectivity index (χ0v) is 32.3. The summed E-state index contributed by atoms with van der Waals surface area (Å²) in [7, 11) is 0. The smallest absolute Gasteiger partial charge is 0.342 e. The molecule has 0 bridgehead atoms. The molecule has 55 heavy (non-hydrogen) atoms. The Bertz CT molecular complexity index is 2090. The molecule has 9 heteroatoms. The monoisotopic (exact) mass is 742 g/mol. The SMILES string of the molecule is CCCc1nc(Cc2cccc(Oc3ccccc3)c2)c(C)c(C(=O)OCC)c1O.CCCc1nc(Cc2cccc(Oc3ccccc3)c2)oc1OCC. The van der Waals surface area contributed by atoms with Crippen LogP contribution in [0.5, 0.6) is 34.7 Å². The van der Waals surface area contributed by atoms with E-state index < -0.39 is 5.97 Å². The zero-order chi connectivity index (χ0) is 39.0. The number of pyridine rings is 1. The number of ether oxygens (including phenoxy) is 4. The first-order chi connectivity index (χ1) is 26.8. The minimum atomic E-state index is -0.519. The van der Waals surface area contributed by atoms with Crippen molar-refractivity contribution in [3.63, 3.8) is 0 Å². The van der Waals surface area contributed by atoms with Gasteiger partial charge in [-0.15, -0.1) is 0 Å². The van der Waals surface area contributed by atoms with Crippen LogP contribution in [0.2, 0.25) is 0 Å². The van der Waals surface area contributed by atoms with Crippen LogP contribution in [0, 0.1) is 6.92 Å². The highest BCUT2D eigenvalue weighted by Crippen LogP contribution is 2.31. The van der Waals surface area contributed by atoms with E-state index in [-0.39, 0.29) is 17.9 Å². The van der Waals surface area contributed by atoms with Gasteiger partial charge in [-0.05, 0) is 98.8 Å². The lowest BCUT2D eigenvalue weighted by Gasteiger charge is -2.16. The molecule has 2 aromatic heterocycles. The largest absolute Gasteiger partial charge is 0.505 e. The van der Waals surface area contributed by atoms with Gasteiger partial charge in [-0.25, -0.2) is 9.78 Å². The summed E-state index contributed by atoms with van der Waals surface area (Å²) < 4.78 is 28.3. The molecule has 0 saturated heterocycles. The van der Waals surface area contributed by atoms with Gasteiger partial charge in [0.25, 0.3) is 0 Å². The molecule has 0 amide bonds. The van der Waals surface area contributed by atoms with Gasteiger partial charge in [0.2, 0.25) is 5.89 Å². The molecule has 0 saturated carbocycles. The van der Waals surface area contributed by atoms with Crippen molar-refractivity contribution in [3.8, 4) is 34.7 Å².